The summed E-state index contributed by atoms with van der Waals surface area (Å²) in [7, 11) is 0. The van der Waals surface area contributed by atoms with Gasteiger partial charge in [-0.25, -0.2) is 4.39 Å². The molecule has 294 valence electrons. The second-order valence-electron chi connectivity index (χ2n) is 14.9. The van der Waals surface area contributed by atoms with Crippen LogP contribution in [-0.2, 0) is 44.6 Å². The Bertz CT molecular complexity index is 1830. The summed E-state index contributed by atoms with van der Waals surface area (Å²) < 4.78 is 56.6. The normalized spacial score (nSPS) is 19.9. The van der Waals surface area contributed by atoms with E-state index in [4.69, 9.17) is 0 Å². The van der Waals surface area contributed by atoms with E-state index in [1.165, 1.54) is 24.3 Å². The van der Waals surface area contributed by atoms with Crippen LogP contribution in [0.4, 0.5) is 17.6 Å². The number of alkyl halides is 3. The molecule has 4 amide bonds. The Morgan fingerprint density at radius 2 is 1.59 bits per heavy atom. The summed E-state index contributed by atoms with van der Waals surface area (Å²) in [4.78, 5) is 59.0. The third-order valence-electron chi connectivity index (χ3n) is 11.2. The standard InChI is InChI=1S/C40H51F4N5O4S/c1-5-23(3)33(36(51)45-22-25-15-18-54-19-16-25)48-38(53)39(17-14-31-28(21-39)27-11-9-12-29(35(27)46-31)40(42,43)44)49-37(52)34(24(4)6-2)47-32(50)20-26-10-7-8-13-30(26)41/h7-13,23-25,33-34,46H,5-6,14-22H2,1-4H3,(H,45,51)(H,47,50)(H,48,53)(H,49,52)/t23?,24?,33-,34-,39+/m0/s1. The zero-order valence-electron chi connectivity index (χ0n) is 31.3. The van der Waals surface area contributed by atoms with Gasteiger partial charge in [0.2, 0.25) is 23.6 Å². The van der Waals surface area contributed by atoms with E-state index in [-0.39, 0.29) is 54.0 Å². The Labute approximate surface area is 317 Å². The highest BCUT2D eigenvalue weighted by Crippen LogP contribution is 2.40. The van der Waals surface area contributed by atoms with E-state index in [1.54, 1.807) is 19.1 Å². The van der Waals surface area contributed by atoms with E-state index in [2.05, 4.69) is 26.3 Å². The van der Waals surface area contributed by atoms with Crippen LogP contribution in [0.2, 0.25) is 0 Å². The van der Waals surface area contributed by atoms with Crippen molar-refractivity contribution in [2.45, 2.75) is 103 Å². The van der Waals surface area contributed by atoms with E-state index < -0.39 is 58.8 Å². The second kappa shape index (κ2) is 17.6. The molecule has 0 radical (unpaired) electrons. The molecular weight excluding hydrogens is 723 g/mol. The highest BCUT2D eigenvalue weighted by Gasteiger charge is 2.47. The summed E-state index contributed by atoms with van der Waals surface area (Å²) >= 11 is 1.88. The van der Waals surface area contributed by atoms with E-state index in [1.807, 2.05) is 32.5 Å². The fourth-order valence-electron chi connectivity index (χ4n) is 7.41. The molecular formula is C40H51F4N5O4S. The number of H-pyrrole nitrogens is 1. The van der Waals surface area contributed by atoms with Crippen molar-refractivity contribution in [2.24, 2.45) is 17.8 Å². The fraction of sp³-hybridized carbons (Fsp3) is 0.550. The maximum atomic E-state index is 14.7. The molecule has 2 heterocycles. The van der Waals surface area contributed by atoms with Crippen LogP contribution in [0.1, 0.15) is 82.2 Å². The van der Waals surface area contributed by atoms with Crippen molar-refractivity contribution in [1.29, 1.82) is 0 Å². The molecule has 5 atom stereocenters. The van der Waals surface area contributed by atoms with Crippen LogP contribution in [-0.4, -0.2) is 64.3 Å². The maximum Gasteiger partial charge on any atom is 0.418 e. The topological polar surface area (TPSA) is 132 Å². The molecule has 1 aliphatic heterocycles. The summed E-state index contributed by atoms with van der Waals surface area (Å²) in [5.41, 5.74) is -1.49. The lowest BCUT2D eigenvalue weighted by Crippen LogP contribution is -2.67. The molecule has 0 saturated carbocycles. The number of amides is 4. The van der Waals surface area contributed by atoms with Crippen LogP contribution in [0, 0.1) is 23.6 Å². The van der Waals surface area contributed by atoms with Gasteiger partial charge in [-0.15, -0.1) is 0 Å². The fourth-order valence-corrected chi connectivity index (χ4v) is 8.61. The Hall–Kier alpha value is -4.07. The molecule has 2 unspecified atom stereocenters. The molecule has 1 aromatic heterocycles. The number of hydrogen-bond donors (Lipinski definition) is 5. The summed E-state index contributed by atoms with van der Waals surface area (Å²) in [6, 6.07) is 7.63. The highest BCUT2D eigenvalue weighted by atomic mass is 32.2. The van der Waals surface area contributed by atoms with Gasteiger partial charge in [0.1, 0.15) is 23.4 Å². The predicted octanol–water partition coefficient (Wildman–Crippen LogP) is 6.23. The van der Waals surface area contributed by atoms with Gasteiger partial charge >= 0.3 is 6.18 Å². The van der Waals surface area contributed by atoms with Crippen molar-refractivity contribution in [2.75, 3.05) is 18.1 Å². The molecule has 3 aromatic rings. The van der Waals surface area contributed by atoms with Crippen molar-refractivity contribution in [1.82, 2.24) is 26.3 Å². The van der Waals surface area contributed by atoms with Gasteiger partial charge < -0.3 is 26.3 Å². The molecule has 5 rings (SSSR count). The molecule has 2 aliphatic rings. The number of thioether (sulfide) groups is 1. The van der Waals surface area contributed by atoms with Crippen molar-refractivity contribution in [3.63, 3.8) is 0 Å². The molecule has 5 N–H and O–H groups in total. The maximum absolute atomic E-state index is 14.7. The highest BCUT2D eigenvalue weighted by molar-refractivity contribution is 7.99. The zero-order chi connectivity index (χ0) is 39.2. The van der Waals surface area contributed by atoms with Crippen LogP contribution in [0.25, 0.3) is 10.9 Å². The molecule has 1 fully saturated rings. The third-order valence-corrected chi connectivity index (χ3v) is 12.3. The summed E-state index contributed by atoms with van der Waals surface area (Å²) in [5, 5.41) is 12.0. The number of halogens is 4. The Morgan fingerprint density at radius 1 is 0.926 bits per heavy atom. The number of rotatable bonds is 14. The molecule has 2 aromatic carbocycles. The first kappa shape index (κ1) is 41.1. The molecule has 9 nitrogen and oxygen atoms in total. The number of hydrogen-bond acceptors (Lipinski definition) is 5. The van der Waals surface area contributed by atoms with E-state index in [0.717, 1.165) is 30.4 Å². The first-order valence-electron chi connectivity index (χ1n) is 18.9. The molecule has 14 heteroatoms. The van der Waals surface area contributed by atoms with Gasteiger partial charge in [0.05, 0.1) is 17.5 Å². The minimum Gasteiger partial charge on any atom is -0.358 e. The minimum absolute atomic E-state index is 0.0106. The lowest BCUT2D eigenvalue weighted by Gasteiger charge is -2.40. The first-order valence-corrected chi connectivity index (χ1v) is 20.0. The first-order chi connectivity index (χ1) is 25.7. The van der Waals surface area contributed by atoms with E-state index in [0.29, 0.717) is 36.6 Å². The van der Waals surface area contributed by atoms with Gasteiger partial charge in [-0.1, -0.05) is 70.9 Å². The van der Waals surface area contributed by atoms with E-state index in [9.17, 15) is 36.7 Å². The number of nitrogens with one attached hydrogen (secondary N) is 5. The van der Waals surface area contributed by atoms with Gasteiger partial charge in [-0.3, -0.25) is 19.2 Å². The average molecular weight is 774 g/mol. The summed E-state index contributed by atoms with van der Waals surface area (Å²) in [6.45, 7) is 7.85. The van der Waals surface area contributed by atoms with Gasteiger partial charge in [0.15, 0.2) is 0 Å². The number of fused-ring (bicyclic) bond motifs is 3. The molecule has 0 spiro atoms. The summed E-state index contributed by atoms with van der Waals surface area (Å²) in [6.07, 6.45) is -1.97. The van der Waals surface area contributed by atoms with Gasteiger partial charge in [0.25, 0.3) is 0 Å². The second-order valence-corrected chi connectivity index (χ2v) is 16.1. The van der Waals surface area contributed by atoms with Gasteiger partial charge in [-0.2, -0.15) is 24.9 Å². The number of aromatic amines is 1. The Balaban J connectivity index is 1.47. The monoisotopic (exact) mass is 773 g/mol. The minimum atomic E-state index is -4.63. The smallest absolute Gasteiger partial charge is 0.358 e. The third kappa shape index (κ3) is 9.41. The van der Waals surface area contributed by atoms with Crippen molar-refractivity contribution in [3.05, 3.63) is 70.7 Å². The number of benzene rings is 2. The lowest BCUT2D eigenvalue weighted by molar-refractivity contribution is -0.139. The van der Waals surface area contributed by atoms with Crippen molar-refractivity contribution < 1.29 is 36.7 Å². The zero-order valence-corrected chi connectivity index (χ0v) is 32.1. The van der Waals surface area contributed by atoms with Crippen molar-refractivity contribution in [3.8, 4) is 0 Å². The van der Waals surface area contributed by atoms with Crippen LogP contribution >= 0.6 is 11.8 Å². The predicted molar refractivity (Wildman–Crippen MR) is 202 cm³/mol. The molecule has 1 aliphatic carbocycles. The number of carbonyl (C=O) groups excluding carboxylic acids is 4. The number of para-hydroxylation sites is 1. The van der Waals surface area contributed by atoms with Gasteiger partial charge in [-0.05, 0) is 78.2 Å². The molecule has 54 heavy (non-hydrogen) atoms. The SMILES string of the molecule is CCC(C)[C@H](NC(=O)Cc1ccccc1F)C(=O)N[C@]1(C(=O)N[C@H](C(=O)NCC2CCSCC2)C(C)CC)CCc2[nH]c3c(C(F)(F)F)cccc3c2C1. The van der Waals surface area contributed by atoms with Crippen LogP contribution < -0.4 is 21.3 Å². The van der Waals surface area contributed by atoms with Crippen molar-refractivity contribution >= 4 is 46.3 Å². The Morgan fingerprint density at radius 3 is 2.24 bits per heavy atom. The number of carbonyl (C=O) groups is 4. The quantitative estimate of drug-likeness (QED) is 0.124. The largest absolute Gasteiger partial charge is 0.418 e. The molecule has 0 bridgehead atoms. The number of aryl methyl sites for hydroxylation is 1. The Kier molecular flexibility index (Phi) is 13.4. The van der Waals surface area contributed by atoms with Gasteiger partial charge in [0, 0.05) is 24.0 Å². The van der Waals surface area contributed by atoms with Crippen LogP contribution in [0.5, 0.6) is 0 Å². The molecule has 1 saturated heterocycles. The lowest BCUT2D eigenvalue weighted by atomic mass is 9.78. The number of aromatic nitrogens is 1. The summed E-state index contributed by atoms with van der Waals surface area (Å²) in [5.74, 6) is -1.11. The van der Waals surface area contributed by atoms with Crippen LogP contribution in [0.15, 0.2) is 42.5 Å². The van der Waals surface area contributed by atoms with Crippen LogP contribution in [0.3, 0.4) is 0 Å². The average Bonchev–Trinajstić information content (AvgIpc) is 3.52. The van der Waals surface area contributed by atoms with E-state index >= 15 is 0 Å².